The minimum Gasteiger partial charge on any atom is -0.486 e. The maximum absolute atomic E-state index is 12.0. The molecule has 0 aliphatic heterocycles. The Labute approximate surface area is 165 Å². The number of allylic oxidation sites excluding steroid dienone is 1. The topological polar surface area (TPSA) is 81.9 Å². The van der Waals surface area contributed by atoms with E-state index >= 15 is 0 Å². The fourth-order valence-corrected chi connectivity index (χ4v) is 3.51. The average molecular weight is 402 g/mol. The van der Waals surface area contributed by atoms with E-state index in [1.807, 2.05) is 41.1 Å². The summed E-state index contributed by atoms with van der Waals surface area (Å²) in [5.41, 5.74) is 1.17. The second kappa shape index (κ2) is 9.33. The molecular formula is C18H19N5O2S2. The van der Waals surface area contributed by atoms with Crippen LogP contribution < -0.4 is 10.1 Å². The number of thiazole rings is 1. The number of anilines is 1. The molecule has 0 saturated carbocycles. The minimum absolute atomic E-state index is 0.138. The molecule has 0 unspecified atom stereocenters. The summed E-state index contributed by atoms with van der Waals surface area (Å²) in [5, 5.41) is 14.2. The Hall–Kier alpha value is -2.65. The van der Waals surface area contributed by atoms with Gasteiger partial charge in [-0.1, -0.05) is 35.5 Å². The molecule has 0 fully saturated rings. The fourth-order valence-electron chi connectivity index (χ4n) is 2.20. The fraction of sp³-hybridized carbons (Fsp3) is 0.222. The van der Waals surface area contributed by atoms with Gasteiger partial charge in [-0.3, -0.25) is 9.36 Å². The lowest BCUT2D eigenvalue weighted by Crippen LogP contribution is -2.14. The number of hydrogen-bond acceptors (Lipinski definition) is 7. The number of thioether (sulfide) groups is 1. The van der Waals surface area contributed by atoms with E-state index < -0.39 is 0 Å². The lowest BCUT2D eigenvalue weighted by atomic mass is 10.2. The first-order chi connectivity index (χ1) is 13.2. The van der Waals surface area contributed by atoms with E-state index in [1.165, 1.54) is 28.7 Å². The zero-order chi connectivity index (χ0) is 19.1. The SMILES string of the molecule is C=CCn1c(COc2ccc(C)cc2)nnc1SCC(=O)Nc1nccs1. The second-order valence-corrected chi connectivity index (χ2v) is 7.41. The van der Waals surface area contributed by atoms with Gasteiger partial charge in [0.25, 0.3) is 0 Å². The third kappa shape index (κ3) is 5.41. The highest BCUT2D eigenvalue weighted by atomic mass is 32.2. The molecule has 0 spiro atoms. The van der Waals surface area contributed by atoms with Crippen LogP contribution in [0.5, 0.6) is 5.75 Å². The Kier molecular flexibility index (Phi) is 6.61. The number of aryl methyl sites for hydroxylation is 1. The molecule has 0 saturated heterocycles. The van der Waals surface area contributed by atoms with Crippen molar-refractivity contribution in [3.05, 3.63) is 59.9 Å². The Morgan fingerprint density at radius 1 is 1.37 bits per heavy atom. The molecule has 1 N–H and O–H groups in total. The highest BCUT2D eigenvalue weighted by Crippen LogP contribution is 2.20. The first kappa shape index (κ1) is 19.1. The van der Waals surface area contributed by atoms with Crippen molar-refractivity contribution in [3.63, 3.8) is 0 Å². The average Bonchev–Trinajstić information content (AvgIpc) is 3.30. The molecular weight excluding hydrogens is 382 g/mol. The van der Waals surface area contributed by atoms with E-state index in [9.17, 15) is 4.79 Å². The van der Waals surface area contributed by atoms with Crippen molar-refractivity contribution in [1.82, 2.24) is 19.7 Å². The molecule has 27 heavy (non-hydrogen) atoms. The predicted molar refractivity (Wildman–Crippen MR) is 107 cm³/mol. The van der Waals surface area contributed by atoms with Crippen LogP contribution in [0, 0.1) is 6.92 Å². The maximum atomic E-state index is 12.0. The maximum Gasteiger partial charge on any atom is 0.236 e. The number of amides is 1. The van der Waals surface area contributed by atoms with Gasteiger partial charge in [0.15, 0.2) is 16.1 Å². The smallest absolute Gasteiger partial charge is 0.236 e. The highest BCUT2D eigenvalue weighted by molar-refractivity contribution is 7.99. The summed E-state index contributed by atoms with van der Waals surface area (Å²) in [6.45, 7) is 6.63. The van der Waals surface area contributed by atoms with Gasteiger partial charge in [-0.05, 0) is 19.1 Å². The molecule has 3 aromatic rings. The summed E-state index contributed by atoms with van der Waals surface area (Å²) in [7, 11) is 0. The number of benzene rings is 1. The zero-order valence-electron chi connectivity index (χ0n) is 14.8. The summed E-state index contributed by atoms with van der Waals surface area (Å²) in [6.07, 6.45) is 3.41. The molecule has 0 atom stereocenters. The number of ether oxygens (including phenoxy) is 1. The first-order valence-electron chi connectivity index (χ1n) is 8.20. The molecule has 0 aliphatic carbocycles. The number of nitrogens with zero attached hydrogens (tertiary/aromatic N) is 4. The van der Waals surface area contributed by atoms with Crippen molar-refractivity contribution in [2.45, 2.75) is 25.2 Å². The van der Waals surface area contributed by atoms with Gasteiger partial charge in [-0.15, -0.1) is 28.1 Å². The molecule has 0 bridgehead atoms. The molecule has 9 heteroatoms. The van der Waals surface area contributed by atoms with Crippen LogP contribution in [0.2, 0.25) is 0 Å². The van der Waals surface area contributed by atoms with Crippen LogP contribution in [0.1, 0.15) is 11.4 Å². The zero-order valence-corrected chi connectivity index (χ0v) is 16.4. The Balaban J connectivity index is 1.60. The van der Waals surface area contributed by atoms with Crippen molar-refractivity contribution in [2.75, 3.05) is 11.1 Å². The number of carbonyl (C=O) groups is 1. The lowest BCUT2D eigenvalue weighted by molar-refractivity contribution is -0.113. The van der Waals surface area contributed by atoms with Gasteiger partial charge in [0.2, 0.25) is 5.91 Å². The van der Waals surface area contributed by atoms with Gasteiger partial charge in [0, 0.05) is 18.1 Å². The molecule has 0 radical (unpaired) electrons. The molecule has 1 aromatic carbocycles. The van der Waals surface area contributed by atoms with E-state index in [-0.39, 0.29) is 18.3 Å². The van der Waals surface area contributed by atoms with Crippen molar-refractivity contribution in [3.8, 4) is 5.75 Å². The van der Waals surface area contributed by atoms with Gasteiger partial charge < -0.3 is 10.1 Å². The van der Waals surface area contributed by atoms with Crippen molar-refractivity contribution >= 4 is 34.1 Å². The van der Waals surface area contributed by atoms with Gasteiger partial charge >= 0.3 is 0 Å². The van der Waals surface area contributed by atoms with Crippen LogP contribution >= 0.6 is 23.1 Å². The van der Waals surface area contributed by atoms with E-state index in [0.29, 0.717) is 22.7 Å². The van der Waals surface area contributed by atoms with E-state index in [1.54, 1.807) is 12.3 Å². The third-order valence-electron chi connectivity index (χ3n) is 3.51. The molecule has 2 aromatic heterocycles. The van der Waals surface area contributed by atoms with Crippen LogP contribution in [0.25, 0.3) is 0 Å². The summed E-state index contributed by atoms with van der Waals surface area (Å²) < 4.78 is 7.68. The monoisotopic (exact) mass is 401 g/mol. The molecule has 0 aliphatic rings. The third-order valence-corrected chi connectivity index (χ3v) is 5.16. The predicted octanol–water partition coefficient (Wildman–Crippen LogP) is 3.54. The molecule has 3 rings (SSSR count). The largest absolute Gasteiger partial charge is 0.486 e. The summed E-state index contributed by atoms with van der Waals surface area (Å²) in [6, 6.07) is 7.82. The van der Waals surface area contributed by atoms with E-state index in [2.05, 4.69) is 27.1 Å². The number of aromatic nitrogens is 4. The lowest BCUT2D eigenvalue weighted by Gasteiger charge is -2.09. The van der Waals surface area contributed by atoms with Gasteiger partial charge in [0.05, 0.1) is 5.75 Å². The Bertz CT molecular complexity index is 891. The molecule has 7 nitrogen and oxygen atoms in total. The normalized spacial score (nSPS) is 10.6. The summed E-state index contributed by atoms with van der Waals surface area (Å²) in [4.78, 5) is 16.1. The van der Waals surface area contributed by atoms with Crippen molar-refractivity contribution < 1.29 is 9.53 Å². The Morgan fingerprint density at radius 2 is 2.19 bits per heavy atom. The van der Waals surface area contributed by atoms with Crippen LogP contribution in [-0.2, 0) is 17.9 Å². The molecule has 2 heterocycles. The van der Waals surface area contributed by atoms with Crippen LogP contribution in [-0.4, -0.2) is 31.4 Å². The molecule has 140 valence electrons. The van der Waals surface area contributed by atoms with Gasteiger partial charge in [-0.2, -0.15) is 0 Å². The van der Waals surface area contributed by atoms with Crippen molar-refractivity contribution in [2.24, 2.45) is 0 Å². The van der Waals surface area contributed by atoms with E-state index in [4.69, 9.17) is 4.74 Å². The molecule has 1 amide bonds. The van der Waals surface area contributed by atoms with Gasteiger partial charge in [-0.25, -0.2) is 4.98 Å². The number of rotatable bonds is 9. The summed E-state index contributed by atoms with van der Waals surface area (Å²) in [5.74, 6) is 1.53. The number of carbonyl (C=O) groups excluding carboxylic acids is 1. The quantitative estimate of drug-likeness (QED) is 0.436. The van der Waals surface area contributed by atoms with Crippen LogP contribution in [0.4, 0.5) is 5.13 Å². The van der Waals surface area contributed by atoms with Crippen molar-refractivity contribution in [1.29, 1.82) is 0 Å². The van der Waals surface area contributed by atoms with Crippen LogP contribution in [0.3, 0.4) is 0 Å². The minimum atomic E-state index is -0.138. The second-order valence-electron chi connectivity index (χ2n) is 5.57. The first-order valence-corrected chi connectivity index (χ1v) is 10.1. The number of nitrogens with one attached hydrogen (secondary N) is 1. The van der Waals surface area contributed by atoms with Crippen LogP contribution in [0.15, 0.2) is 53.7 Å². The Morgan fingerprint density at radius 3 is 2.89 bits per heavy atom. The highest BCUT2D eigenvalue weighted by Gasteiger charge is 2.14. The summed E-state index contributed by atoms with van der Waals surface area (Å²) >= 11 is 2.69. The standard InChI is InChI=1S/C18H19N5O2S2/c1-3-9-23-15(11-25-14-6-4-13(2)5-7-14)21-22-18(23)27-12-16(24)20-17-19-8-10-26-17/h3-8,10H,1,9,11-12H2,2H3,(H,19,20,24). The van der Waals surface area contributed by atoms with Gasteiger partial charge in [0.1, 0.15) is 12.4 Å². The number of hydrogen-bond donors (Lipinski definition) is 1. The van der Waals surface area contributed by atoms with E-state index in [0.717, 1.165) is 5.75 Å².